The van der Waals surface area contributed by atoms with Crippen LogP contribution in [-0.4, -0.2) is 19.5 Å². The summed E-state index contributed by atoms with van der Waals surface area (Å²) in [7, 11) is 1.67. The minimum absolute atomic E-state index is 0.0150. The summed E-state index contributed by atoms with van der Waals surface area (Å²) in [6.45, 7) is 3.03. The molecular formula is C16H24N2O. The van der Waals surface area contributed by atoms with Crippen molar-refractivity contribution in [3.8, 4) is 0 Å². The molecule has 1 aliphatic rings. The number of amides is 1. The molecule has 3 nitrogen and oxygen atoms in total. The largest absolute Gasteiger partial charge is 0.385 e. The topological polar surface area (TPSA) is 41.1 Å². The van der Waals surface area contributed by atoms with Gasteiger partial charge in [-0.3, -0.25) is 4.79 Å². The first-order valence-electron chi connectivity index (χ1n) is 7.28. The van der Waals surface area contributed by atoms with E-state index in [1.165, 1.54) is 32.1 Å². The van der Waals surface area contributed by atoms with Crippen LogP contribution in [0.5, 0.6) is 0 Å². The predicted octanol–water partition coefficient (Wildman–Crippen LogP) is 3.35. The zero-order valence-electron chi connectivity index (χ0n) is 12.0. The average molecular weight is 260 g/mol. The molecule has 0 aliphatic heterocycles. The van der Waals surface area contributed by atoms with Gasteiger partial charge in [0, 0.05) is 24.8 Å². The maximum atomic E-state index is 11.8. The van der Waals surface area contributed by atoms with Crippen LogP contribution in [0, 0.1) is 12.8 Å². The Morgan fingerprint density at radius 1 is 1.26 bits per heavy atom. The summed E-state index contributed by atoms with van der Waals surface area (Å²) in [6.07, 6.45) is 6.79. The van der Waals surface area contributed by atoms with Crippen LogP contribution in [-0.2, 0) is 0 Å². The highest BCUT2D eigenvalue weighted by Crippen LogP contribution is 2.25. The molecular weight excluding hydrogens is 236 g/mol. The van der Waals surface area contributed by atoms with E-state index in [-0.39, 0.29) is 5.91 Å². The third-order valence-corrected chi connectivity index (χ3v) is 4.11. The Labute approximate surface area is 115 Å². The number of hydrogen-bond donors (Lipinski definition) is 2. The third-order valence-electron chi connectivity index (χ3n) is 4.11. The highest BCUT2D eigenvalue weighted by molar-refractivity contribution is 5.96. The quantitative estimate of drug-likeness (QED) is 0.871. The van der Waals surface area contributed by atoms with Crippen molar-refractivity contribution in [2.24, 2.45) is 5.92 Å². The molecule has 2 N–H and O–H groups in total. The summed E-state index contributed by atoms with van der Waals surface area (Å²) >= 11 is 0. The summed E-state index contributed by atoms with van der Waals surface area (Å²) in [5.41, 5.74) is 2.89. The fourth-order valence-corrected chi connectivity index (χ4v) is 2.85. The van der Waals surface area contributed by atoms with Gasteiger partial charge in [-0.15, -0.1) is 0 Å². The van der Waals surface area contributed by atoms with E-state index in [1.807, 2.05) is 19.1 Å². The third kappa shape index (κ3) is 3.49. The van der Waals surface area contributed by atoms with Crippen LogP contribution >= 0.6 is 0 Å². The maximum absolute atomic E-state index is 11.8. The first kappa shape index (κ1) is 13.9. The van der Waals surface area contributed by atoms with Crippen LogP contribution in [0.25, 0.3) is 0 Å². The molecule has 1 aromatic carbocycles. The smallest absolute Gasteiger partial charge is 0.251 e. The minimum atomic E-state index is -0.0150. The van der Waals surface area contributed by atoms with Crippen LogP contribution in [0.1, 0.15) is 48.0 Å². The van der Waals surface area contributed by atoms with E-state index >= 15 is 0 Å². The van der Waals surface area contributed by atoms with Crippen LogP contribution in [0.15, 0.2) is 18.2 Å². The lowest BCUT2D eigenvalue weighted by atomic mass is 9.89. The second-order valence-electron chi connectivity index (χ2n) is 5.44. The Balaban J connectivity index is 2.01. The molecule has 0 atom stereocenters. The highest BCUT2D eigenvalue weighted by atomic mass is 16.1. The van der Waals surface area contributed by atoms with Crippen molar-refractivity contribution in [1.82, 2.24) is 5.32 Å². The number of anilines is 1. The molecule has 0 spiro atoms. The molecule has 19 heavy (non-hydrogen) atoms. The highest BCUT2D eigenvalue weighted by Gasteiger charge is 2.14. The van der Waals surface area contributed by atoms with Gasteiger partial charge in [0.25, 0.3) is 5.91 Å². The molecule has 2 rings (SSSR count). The van der Waals surface area contributed by atoms with E-state index in [0.29, 0.717) is 0 Å². The standard InChI is InChI=1S/C16H24N2O/c1-12-14(16(19)17-2)9-6-10-15(12)18-11-13-7-4-3-5-8-13/h6,9-10,13,18H,3-5,7-8,11H2,1-2H3,(H,17,19). The molecule has 0 unspecified atom stereocenters. The van der Waals surface area contributed by atoms with Gasteiger partial charge in [-0.1, -0.05) is 25.3 Å². The predicted molar refractivity (Wildman–Crippen MR) is 79.6 cm³/mol. The molecule has 3 heteroatoms. The molecule has 1 saturated carbocycles. The summed E-state index contributed by atoms with van der Waals surface area (Å²) in [5, 5.41) is 6.21. The first-order valence-corrected chi connectivity index (χ1v) is 7.28. The zero-order chi connectivity index (χ0) is 13.7. The van der Waals surface area contributed by atoms with Crippen molar-refractivity contribution >= 4 is 11.6 Å². The van der Waals surface area contributed by atoms with Gasteiger partial charge in [-0.25, -0.2) is 0 Å². The Bertz CT molecular complexity index is 436. The summed E-state index contributed by atoms with van der Waals surface area (Å²) in [6, 6.07) is 5.88. The van der Waals surface area contributed by atoms with Gasteiger partial charge in [0.1, 0.15) is 0 Å². The van der Waals surface area contributed by atoms with Crippen molar-refractivity contribution in [3.05, 3.63) is 29.3 Å². The first-order chi connectivity index (χ1) is 9.22. The Kier molecular flexibility index (Phi) is 4.83. The van der Waals surface area contributed by atoms with E-state index in [1.54, 1.807) is 7.05 Å². The molecule has 0 bridgehead atoms. The SMILES string of the molecule is CNC(=O)c1cccc(NCC2CCCCC2)c1C. The molecule has 0 aromatic heterocycles. The van der Waals surface area contributed by atoms with Crippen molar-refractivity contribution in [3.63, 3.8) is 0 Å². The van der Waals surface area contributed by atoms with Gasteiger partial charge in [-0.05, 0) is 43.4 Å². The number of benzene rings is 1. The fourth-order valence-electron chi connectivity index (χ4n) is 2.85. The molecule has 0 saturated heterocycles. The van der Waals surface area contributed by atoms with Crippen molar-refractivity contribution in [2.75, 3.05) is 18.9 Å². The van der Waals surface area contributed by atoms with Gasteiger partial charge in [0.2, 0.25) is 0 Å². The maximum Gasteiger partial charge on any atom is 0.251 e. The number of nitrogens with one attached hydrogen (secondary N) is 2. The molecule has 0 radical (unpaired) electrons. The average Bonchev–Trinajstić information content (AvgIpc) is 2.46. The fraction of sp³-hybridized carbons (Fsp3) is 0.562. The Morgan fingerprint density at radius 3 is 2.68 bits per heavy atom. The summed E-state index contributed by atoms with van der Waals surface area (Å²) in [4.78, 5) is 11.8. The van der Waals surface area contributed by atoms with Crippen molar-refractivity contribution < 1.29 is 4.79 Å². The van der Waals surface area contributed by atoms with Gasteiger partial charge >= 0.3 is 0 Å². The minimum Gasteiger partial charge on any atom is -0.385 e. The molecule has 1 amide bonds. The van der Waals surface area contributed by atoms with Crippen LogP contribution < -0.4 is 10.6 Å². The van der Waals surface area contributed by atoms with Gasteiger partial charge in [0.15, 0.2) is 0 Å². The molecule has 0 heterocycles. The Morgan fingerprint density at radius 2 is 2.00 bits per heavy atom. The summed E-state index contributed by atoms with van der Waals surface area (Å²) < 4.78 is 0. The summed E-state index contributed by atoms with van der Waals surface area (Å²) in [5.74, 6) is 0.774. The number of carbonyl (C=O) groups excluding carboxylic acids is 1. The van der Waals surface area contributed by atoms with Crippen LogP contribution in [0.2, 0.25) is 0 Å². The number of rotatable bonds is 4. The lowest BCUT2D eigenvalue weighted by molar-refractivity contribution is 0.0962. The molecule has 1 aromatic rings. The number of hydrogen-bond acceptors (Lipinski definition) is 2. The molecule has 1 fully saturated rings. The second-order valence-corrected chi connectivity index (χ2v) is 5.44. The second kappa shape index (κ2) is 6.60. The van der Waals surface area contributed by atoms with Crippen molar-refractivity contribution in [2.45, 2.75) is 39.0 Å². The monoisotopic (exact) mass is 260 g/mol. The van der Waals surface area contributed by atoms with E-state index in [9.17, 15) is 4.79 Å². The normalized spacial score (nSPS) is 16.1. The van der Waals surface area contributed by atoms with E-state index in [0.717, 1.165) is 29.3 Å². The van der Waals surface area contributed by atoms with Crippen LogP contribution in [0.4, 0.5) is 5.69 Å². The molecule has 1 aliphatic carbocycles. The number of carbonyl (C=O) groups is 1. The Hall–Kier alpha value is -1.51. The van der Waals surface area contributed by atoms with Gasteiger partial charge in [-0.2, -0.15) is 0 Å². The lowest BCUT2D eigenvalue weighted by Gasteiger charge is -2.23. The van der Waals surface area contributed by atoms with Gasteiger partial charge < -0.3 is 10.6 Å². The van der Waals surface area contributed by atoms with Crippen molar-refractivity contribution in [1.29, 1.82) is 0 Å². The molecule has 104 valence electrons. The zero-order valence-corrected chi connectivity index (χ0v) is 12.0. The van der Waals surface area contributed by atoms with Crippen LogP contribution in [0.3, 0.4) is 0 Å². The van der Waals surface area contributed by atoms with Gasteiger partial charge in [0.05, 0.1) is 0 Å². The van der Waals surface area contributed by atoms with E-state index in [2.05, 4.69) is 16.7 Å². The lowest BCUT2D eigenvalue weighted by Crippen LogP contribution is -2.21. The van der Waals surface area contributed by atoms with E-state index < -0.39 is 0 Å². The van der Waals surface area contributed by atoms with E-state index in [4.69, 9.17) is 0 Å².